The van der Waals surface area contributed by atoms with Crippen molar-refractivity contribution < 1.29 is 0 Å². The van der Waals surface area contributed by atoms with Gasteiger partial charge in [-0.2, -0.15) is 0 Å². The molecule has 4 heteroatoms. The molecule has 1 heterocycles. The molecule has 112 valence electrons. The molecular weight excluding hydrogens is 270 g/mol. The van der Waals surface area contributed by atoms with Crippen molar-refractivity contribution in [2.75, 3.05) is 39.8 Å². The molecule has 0 radical (unpaired) electrons. The first-order valence-corrected chi connectivity index (χ1v) is 7.87. The molecule has 1 saturated heterocycles. The second-order valence-electron chi connectivity index (χ2n) is 5.99. The van der Waals surface area contributed by atoms with Crippen LogP contribution in [-0.2, 0) is 5.54 Å². The van der Waals surface area contributed by atoms with Crippen molar-refractivity contribution in [3.8, 4) is 0 Å². The molecule has 1 unspecified atom stereocenters. The Labute approximate surface area is 127 Å². The van der Waals surface area contributed by atoms with Gasteiger partial charge in [-0.05, 0) is 31.2 Å². The number of benzene rings is 1. The number of rotatable bonds is 5. The van der Waals surface area contributed by atoms with Crippen LogP contribution >= 0.6 is 11.6 Å². The zero-order valence-corrected chi connectivity index (χ0v) is 13.4. The van der Waals surface area contributed by atoms with Gasteiger partial charge >= 0.3 is 0 Å². The van der Waals surface area contributed by atoms with Gasteiger partial charge in [-0.15, -0.1) is 0 Å². The summed E-state index contributed by atoms with van der Waals surface area (Å²) in [4.78, 5) is 4.86. The summed E-state index contributed by atoms with van der Waals surface area (Å²) < 4.78 is 0. The first kappa shape index (κ1) is 15.8. The molecule has 0 amide bonds. The molecule has 3 nitrogen and oxygen atoms in total. The number of halogens is 1. The standard InChI is InChI=1S/C16H26ClN3/c1-3-8-16(18,14-4-6-15(17)7-5-14)13-20-11-9-19(2)10-12-20/h4-7H,3,8-13,18H2,1-2H3. The maximum atomic E-state index is 6.75. The van der Waals surface area contributed by atoms with Crippen LogP contribution in [0, 0.1) is 0 Å². The van der Waals surface area contributed by atoms with Crippen LogP contribution in [0.15, 0.2) is 24.3 Å². The molecule has 0 aliphatic carbocycles. The number of hydrogen-bond acceptors (Lipinski definition) is 3. The highest BCUT2D eigenvalue weighted by atomic mass is 35.5. The van der Waals surface area contributed by atoms with E-state index in [0.717, 1.165) is 50.6 Å². The van der Waals surface area contributed by atoms with Crippen molar-refractivity contribution in [1.82, 2.24) is 9.80 Å². The Morgan fingerprint density at radius 2 is 1.75 bits per heavy atom. The quantitative estimate of drug-likeness (QED) is 0.906. The molecule has 1 fully saturated rings. The lowest BCUT2D eigenvalue weighted by molar-refractivity contribution is 0.122. The highest BCUT2D eigenvalue weighted by Gasteiger charge is 2.30. The average Bonchev–Trinajstić information content (AvgIpc) is 2.42. The molecule has 20 heavy (non-hydrogen) atoms. The van der Waals surface area contributed by atoms with E-state index >= 15 is 0 Å². The molecule has 0 aromatic heterocycles. The first-order valence-electron chi connectivity index (χ1n) is 7.49. The van der Waals surface area contributed by atoms with E-state index in [1.54, 1.807) is 0 Å². The predicted octanol–water partition coefficient (Wildman–Crippen LogP) is 2.54. The number of nitrogens with two attached hydrogens (primary N) is 1. The van der Waals surface area contributed by atoms with E-state index in [9.17, 15) is 0 Å². The van der Waals surface area contributed by atoms with Crippen LogP contribution < -0.4 is 5.73 Å². The number of likely N-dealkylation sites (N-methyl/N-ethyl adjacent to an activating group) is 1. The summed E-state index contributed by atoms with van der Waals surface area (Å²) in [7, 11) is 2.18. The van der Waals surface area contributed by atoms with Gasteiger partial charge < -0.3 is 10.6 Å². The Balaban J connectivity index is 2.10. The molecule has 0 spiro atoms. The van der Waals surface area contributed by atoms with Gasteiger partial charge in [0.1, 0.15) is 0 Å². The van der Waals surface area contributed by atoms with E-state index in [1.807, 2.05) is 12.1 Å². The van der Waals surface area contributed by atoms with E-state index in [-0.39, 0.29) is 5.54 Å². The second kappa shape index (κ2) is 6.90. The minimum absolute atomic E-state index is 0.269. The lowest BCUT2D eigenvalue weighted by atomic mass is 9.86. The first-order chi connectivity index (χ1) is 9.53. The van der Waals surface area contributed by atoms with Gasteiger partial charge in [0, 0.05) is 37.7 Å². The van der Waals surface area contributed by atoms with Crippen LogP contribution in [0.1, 0.15) is 25.3 Å². The fourth-order valence-corrected chi connectivity index (χ4v) is 3.07. The maximum absolute atomic E-state index is 6.75. The summed E-state index contributed by atoms with van der Waals surface area (Å²) in [5.74, 6) is 0. The monoisotopic (exact) mass is 295 g/mol. The smallest absolute Gasteiger partial charge is 0.0538 e. The van der Waals surface area contributed by atoms with Crippen molar-refractivity contribution >= 4 is 11.6 Å². The molecule has 1 aromatic rings. The third kappa shape index (κ3) is 3.95. The van der Waals surface area contributed by atoms with Gasteiger partial charge in [-0.25, -0.2) is 0 Å². The van der Waals surface area contributed by atoms with E-state index in [1.165, 1.54) is 5.56 Å². The van der Waals surface area contributed by atoms with E-state index < -0.39 is 0 Å². The van der Waals surface area contributed by atoms with Crippen LogP contribution in [0.25, 0.3) is 0 Å². The van der Waals surface area contributed by atoms with Crippen molar-refractivity contribution in [1.29, 1.82) is 0 Å². The fourth-order valence-electron chi connectivity index (χ4n) is 2.95. The lowest BCUT2D eigenvalue weighted by Crippen LogP contribution is -2.53. The van der Waals surface area contributed by atoms with E-state index in [2.05, 4.69) is 35.9 Å². The van der Waals surface area contributed by atoms with E-state index in [4.69, 9.17) is 17.3 Å². The number of nitrogens with zero attached hydrogens (tertiary/aromatic N) is 2. The lowest BCUT2D eigenvalue weighted by Gasteiger charge is -2.39. The van der Waals surface area contributed by atoms with Crippen LogP contribution in [0.2, 0.25) is 5.02 Å². The molecular formula is C16H26ClN3. The van der Waals surface area contributed by atoms with Crippen LogP contribution in [0.4, 0.5) is 0 Å². The van der Waals surface area contributed by atoms with Crippen molar-refractivity contribution in [3.05, 3.63) is 34.9 Å². The third-order valence-electron chi connectivity index (χ3n) is 4.22. The predicted molar refractivity (Wildman–Crippen MR) is 86.2 cm³/mol. The molecule has 2 N–H and O–H groups in total. The van der Waals surface area contributed by atoms with Crippen LogP contribution in [0.5, 0.6) is 0 Å². The van der Waals surface area contributed by atoms with Gasteiger partial charge in [-0.3, -0.25) is 4.90 Å². The number of hydrogen-bond donors (Lipinski definition) is 1. The van der Waals surface area contributed by atoms with Crippen LogP contribution in [-0.4, -0.2) is 49.6 Å². The molecule has 0 saturated carbocycles. The second-order valence-corrected chi connectivity index (χ2v) is 6.43. The zero-order valence-electron chi connectivity index (χ0n) is 12.6. The van der Waals surface area contributed by atoms with Crippen molar-refractivity contribution in [2.45, 2.75) is 25.3 Å². The Morgan fingerprint density at radius 3 is 2.30 bits per heavy atom. The molecule has 1 aliphatic rings. The largest absolute Gasteiger partial charge is 0.320 e. The Morgan fingerprint density at radius 1 is 1.15 bits per heavy atom. The zero-order chi connectivity index (χ0) is 14.6. The maximum Gasteiger partial charge on any atom is 0.0538 e. The Bertz CT molecular complexity index is 412. The summed E-state index contributed by atoms with van der Waals surface area (Å²) >= 11 is 5.99. The summed E-state index contributed by atoms with van der Waals surface area (Å²) in [6.07, 6.45) is 2.09. The van der Waals surface area contributed by atoms with Gasteiger partial charge in [0.15, 0.2) is 0 Å². The van der Waals surface area contributed by atoms with Gasteiger partial charge in [0.25, 0.3) is 0 Å². The van der Waals surface area contributed by atoms with Crippen molar-refractivity contribution in [3.63, 3.8) is 0 Å². The molecule has 2 rings (SSSR count). The molecule has 0 bridgehead atoms. The van der Waals surface area contributed by atoms with Gasteiger partial charge in [0.2, 0.25) is 0 Å². The van der Waals surface area contributed by atoms with Gasteiger partial charge in [0.05, 0.1) is 5.54 Å². The SMILES string of the molecule is CCCC(N)(CN1CCN(C)CC1)c1ccc(Cl)cc1. The Kier molecular flexibility index (Phi) is 5.44. The average molecular weight is 296 g/mol. The third-order valence-corrected chi connectivity index (χ3v) is 4.47. The highest BCUT2D eigenvalue weighted by molar-refractivity contribution is 6.30. The van der Waals surface area contributed by atoms with Crippen LogP contribution in [0.3, 0.4) is 0 Å². The minimum Gasteiger partial charge on any atom is -0.320 e. The molecule has 1 aromatic carbocycles. The summed E-state index contributed by atoms with van der Waals surface area (Å²) in [5.41, 5.74) is 7.68. The normalized spacial score (nSPS) is 20.8. The summed E-state index contributed by atoms with van der Waals surface area (Å²) in [6, 6.07) is 8.04. The summed E-state index contributed by atoms with van der Waals surface area (Å²) in [5, 5.41) is 0.771. The highest BCUT2D eigenvalue weighted by Crippen LogP contribution is 2.26. The molecule has 1 atom stereocenters. The minimum atomic E-state index is -0.269. The molecule has 1 aliphatic heterocycles. The topological polar surface area (TPSA) is 32.5 Å². The van der Waals surface area contributed by atoms with Crippen molar-refractivity contribution in [2.24, 2.45) is 5.73 Å². The Hall–Kier alpha value is -0.610. The van der Waals surface area contributed by atoms with Gasteiger partial charge in [-0.1, -0.05) is 37.1 Å². The van der Waals surface area contributed by atoms with E-state index in [0.29, 0.717) is 0 Å². The number of piperazine rings is 1. The summed E-state index contributed by atoms with van der Waals surface area (Å²) in [6.45, 7) is 7.59. The fraction of sp³-hybridized carbons (Fsp3) is 0.625.